The van der Waals surface area contributed by atoms with Crippen LogP contribution < -0.4 is 11.1 Å². The van der Waals surface area contributed by atoms with E-state index in [4.69, 9.17) is 10.5 Å². The van der Waals surface area contributed by atoms with Crippen LogP contribution in [-0.4, -0.2) is 43.7 Å². The van der Waals surface area contributed by atoms with E-state index < -0.39 is 5.41 Å². The number of nitrogens with two attached hydrogens (primary N) is 1. The maximum Gasteiger partial charge on any atom is 0.227 e. The van der Waals surface area contributed by atoms with E-state index in [-0.39, 0.29) is 5.91 Å². The highest BCUT2D eigenvalue weighted by Gasteiger charge is 2.38. The predicted molar refractivity (Wildman–Crippen MR) is 96.4 cm³/mol. The zero-order valence-corrected chi connectivity index (χ0v) is 15.2. The van der Waals surface area contributed by atoms with Gasteiger partial charge in [-0.3, -0.25) is 9.69 Å². The van der Waals surface area contributed by atoms with Gasteiger partial charge in [0.1, 0.15) is 0 Å². The van der Waals surface area contributed by atoms with Crippen molar-refractivity contribution in [3.63, 3.8) is 0 Å². The molecule has 0 aromatic heterocycles. The molecule has 0 aliphatic carbocycles. The van der Waals surface area contributed by atoms with Crippen molar-refractivity contribution in [3.05, 3.63) is 35.4 Å². The number of amides is 1. The Hall–Kier alpha value is -1.43. The Balaban J connectivity index is 1.95. The van der Waals surface area contributed by atoms with Crippen molar-refractivity contribution in [3.8, 4) is 0 Å². The Morgan fingerprint density at radius 1 is 1.33 bits per heavy atom. The second kappa shape index (κ2) is 8.60. The first-order chi connectivity index (χ1) is 11.5. The van der Waals surface area contributed by atoms with Gasteiger partial charge in [0.05, 0.1) is 5.41 Å². The van der Waals surface area contributed by atoms with Crippen molar-refractivity contribution in [2.45, 2.75) is 45.8 Å². The second-order valence-corrected chi connectivity index (χ2v) is 7.11. The summed E-state index contributed by atoms with van der Waals surface area (Å²) in [5.74, 6) is 0.0537. The Bertz CT molecular complexity index is 539. The molecule has 1 heterocycles. The van der Waals surface area contributed by atoms with Crippen molar-refractivity contribution in [2.24, 2.45) is 11.1 Å². The number of nitrogens with one attached hydrogen (secondary N) is 1. The Morgan fingerprint density at radius 3 is 2.62 bits per heavy atom. The molecule has 0 saturated carbocycles. The van der Waals surface area contributed by atoms with Crippen molar-refractivity contribution < 1.29 is 9.53 Å². The zero-order valence-electron chi connectivity index (χ0n) is 15.2. The molecule has 0 unspecified atom stereocenters. The number of benzene rings is 1. The molecule has 0 atom stereocenters. The standard InChI is InChI=1S/C19H31N3O2/c1-15(2)22(3)13-17-6-4-5-16(11-17)12-21-18(23)19(14-20)7-9-24-10-8-19/h4-6,11,15H,7-10,12-14,20H2,1-3H3,(H,21,23). The van der Waals surface area contributed by atoms with Crippen molar-refractivity contribution in [1.82, 2.24) is 10.2 Å². The molecule has 1 aliphatic heterocycles. The van der Waals surface area contributed by atoms with Gasteiger partial charge in [0, 0.05) is 38.9 Å². The van der Waals surface area contributed by atoms with Crippen LogP contribution in [0.5, 0.6) is 0 Å². The Kier molecular flexibility index (Phi) is 6.78. The third kappa shape index (κ3) is 4.79. The van der Waals surface area contributed by atoms with Crippen LogP contribution in [0, 0.1) is 5.41 Å². The topological polar surface area (TPSA) is 67.6 Å². The van der Waals surface area contributed by atoms with E-state index in [0.29, 0.717) is 45.2 Å². The monoisotopic (exact) mass is 333 g/mol. The van der Waals surface area contributed by atoms with Crippen LogP contribution in [0.4, 0.5) is 0 Å². The Morgan fingerprint density at radius 2 is 2.00 bits per heavy atom. The minimum absolute atomic E-state index is 0.0537. The first kappa shape index (κ1) is 18.9. The molecule has 3 N–H and O–H groups in total. The molecule has 5 heteroatoms. The number of nitrogens with zero attached hydrogens (tertiary/aromatic N) is 1. The highest BCUT2D eigenvalue weighted by Crippen LogP contribution is 2.29. The first-order valence-corrected chi connectivity index (χ1v) is 8.81. The number of ether oxygens (including phenoxy) is 1. The number of hydrogen-bond acceptors (Lipinski definition) is 4. The number of rotatable bonds is 7. The van der Waals surface area contributed by atoms with Gasteiger partial charge in [-0.1, -0.05) is 24.3 Å². The summed E-state index contributed by atoms with van der Waals surface area (Å²) in [5.41, 5.74) is 7.81. The SMILES string of the molecule is CC(C)N(C)Cc1cccc(CNC(=O)C2(CN)CCOCC2)c1. The van der Waals surface area contributed by atoms with Gasteiger partial charge in [-0.05, 0) is 44.9 Å². The van der Waals surface area contributed by atoms with Gasteiger partial charge in [0.25, 0.3) is 0 Å². The number of hydrogen-bond donors (Lipinski definition) is 2. The molecule has 134 valence electrons. The minimum Gasteiger partial charge on any atom is -0.381 e. The molecule has 1 aromatic rings. The van der Waals surface area contributed by atoms with Gasteiger partial charge < -0.3 is 15.8 Å². The molecule has 0 radical (unpaired) electrons. The van der Waals surface area contributed by atoms with E-state index in [9.17, 15) is 4.79 Å². The molecule has 0 bridgehead atoms. The van der Waals surface area contributed by atoms with Gasteiger partial charge in [0.15, 0.2) is 0 Å². The summed E-state index contributed by atoms with van der Waals surface area (Å²) in [5, 5.41) is 3.08. The minimum atomic E-state index is -0.465. The van der Waals surface area contributed by atoms with Gasteiger partial charge >= 0.3 is 0 Å². The lowest BCUT2D eigenvalue weighted by Crippen LogP contribution is -2.48. The van der Waals surface area contributed by atoms with Crippen LogP contribution in [0.2, 0.25) is 0 Å². The Labute approximate surface area is 145 Å². The molecule has 1 saturated heterocycles. The summed E-state index contributed by atoms with van der Waals surface area (Å²) in [6, 6.07) is 8.91. The molecule has 1 aromatic carbocycles. The van der Waals surface area contributed by atoms with Gasteiger partial charge in [-0.25, -0.2) is 0 Å². The molecule has 1 fully saturated rings. The summed E-state index contributed by atoms with van der Waals surface area (Å²) < 4.78 is 5.37. The lowest BCUT2D eigenvalue weighted by atomic mass is 9.79. The maximum atomic E-state index is 12.6. The summed E-state index contributed by atoms with van der Waals surface area (Å²) in [6.07, 6.45) is 1.41. The summed E-state index contributed by atoms with van der Waals surface area (Å²) in [6.45, 7) is 7.42. The second-order valence-electron chi connectivity index (χ2n) is 7.11. The van der Waals surface area contributed by atoms with Crippen LogP contribution in [0.1, 0.15) is 37.8 Å². The van der Waals surface area contributed by atoms with E-state index in [1.54, 1.807) is 0 Å². The highest BCUT2D eigenvalue weighted by atomic mass is 16.5. The number of carbonyl (C=O) groups is 1. The van der Waals surface area contributed by atoms with Crippen molar-refractivity contribution in [2.75, 3.05) is 26.8 Å². The molecule has 1 aliphatic rings. The molecule has 5 nitrogen and oxygen atoms in total. The van der Waals surface area contributed by atoms with Gasteiger partial charge in [0.2, 0.25) is 5.91 Å². The lowest BCUT2D eigenvalue weighted by molar-refractivity contribution is -0.136. The molecule has 0 spiro atoms. The van der Waals surface area contributed by atoms with Crippen molar-refractivity contribution in [1.29, 1.82) is 0 Å². The molecule has 2 rings (SSSR count). The third-order valence-corrected chi connectivity index (χ3v) is 5.08. The fourth-order valence-electron chi connectivity index (χ4n) is 2.96. The molecular weight excluding hydrogens is 302 g/mol. The van der Waals surface area contributed by atoms with E-state index >= 15 is 0 Å². The van der Waals surface area contributed by atoms with Crippen LogP contribution in [0.15, 0.2) is 24.3 Å². The van der Waals surface area contributed by atoms with Gasteiger partial charge in [-0.15, -0.1) is 0 Å². The van der Waals surface area contributed by atoms with E-state index in [0.717, 1.165) is 12.1 Å². The summed E-state index contributed by atoms with van der Waals surface area (Å²) >= 11 is 0. The lowest BCUT2D eigenvalue weighted by Gasteiger charge is -2.34. The van der Waals surface area contributed by atoms with Crippen molar-refractivity contribution >= 4 is 5.91 Å². The van der Waals surface area contributed by atoms with Crippen LogP contribution >= 0.6 is 0 Å². The van der Waals surface area contributed by atoms with E-state index in [2.05, 4.69) is 55.4 Å². The summed E-state index contributed by atoms with van der Waals surface area (Å²) in [4.78, 5) is 14.9. The molecule has 24 heavy (non-hydrogen) atoms. The average molecular weight is 333 g/mol. The van der Waals surface area contributed by atoms with Gasteiger partial charge in [-0.2, -0.15) is 0 Å². The predicted octanol–water partition coefficient (Wildman–Crippen LogP) is 1.90. The number of carbonyl (C=O) groups excluding carboxylic acids is 1. The van der Waals surface area contributed by atoms with E-state index in [1.165, 1.54) is 5.56 Å². The summed E-state index contributed by atoms with van der Waals surface area (Å²) in [7, 11) is 2.12. The quantitative estimate of drug-likeness (QED) is 0.800. The smallest absolute Gasteiger partial charge is 0.227 e. The normalized spacial score (nSPS) is 17.2. The maximum absolute atomic E-state index is 12.6. The molecular formula is C19H31N3O2. The first-order valence-electron chi connectivity index (χ1n) is 8.81. The fourth-order valence-corrected chi connectivity index (χ4v) is 2.96. The van der Waals surface area contributed by atoms with Crippen LogP contribution in [0.25, 0.3) is 0 Å². The zero-order chi connectivity index (χ0) is 17.6. The average Bonchev–Trinajstić information content (AvgIpc) is 2.60. The third-order valence-electron chi connectivity index (χ3n) is 5.08. The highest BCUT2D eigenvalue weighted by molar-refractivity contribution is 5.83. The van der Waals surface area contributed by atoms with E-state index in [1.807, 2.05) is 0 Å². The largest absolute Gasteiger partial charge is 0.381 e. The fraction of sp³-hybridized carbons (Fsp3) is 0.632. The molecule has 1 amide bonds. The van der Waals surface area contributed by atoms with Crippen LogP contribution in [-0.2, 0) is 22.6 Å². The van der Waals surface area contributed by atoms with Crippen LogP contribution in [0.3, 0.4) is 0 Å².